The zero-order valence-corrected chi connectivity index (χ0v) is 11.9. The van der Waals surface area contributed by atoms with Crippen LogP contribution in [-0.2, 0) is 0 Å². The Hall–Kier alpha value is 0.394. The minimum Gasteiger partial charge on any atom is -0.353 e. The summed E-state index contributed by atoms with van der Waals surface area (Å²) in [6.07, 6.45) is 2.75. The number of hydrogen-bond donors (Lipinski definition) is 0. The molecule has 3 heteroatoms. The molecule has 0 aliphatic rings. The lowest BCUT2D eigenvalue weighted by Gasteiger charge is -2.33. The molecule has 0 spiro atoms. The van der Waals surface area contributed by atoms with E-state index in [1.54, 1.807) is 0 Å². The summed E-state index contributed by atoms with van der Waals surface area (Å²) in [5, 5.41) is 0. The van der Waals surface area contributed by atoms with Gasteiger partial charge in [-0.05, 0) is 13.1 Å². The molecule has 0 fully saturated rings. The minimum absolute atomic E-state index is 0.106. The van der Waals surface area contributed by atoms with E-state index in [4.69, 9.17) is 0 Å². The van der Waals surface area contributed by atoms with Crippen molar-refractivity contribution in [3.63, 3.8) is 0 Å². The van der Waals surface area contributed by atoms with Gasteiger partial charge in [0.1, 0.15) is 8.24 Å². The molecular weight excluding hydrogens is 178 g/mol. The molecule has 0 amide bonds. The number of nitrogens with zero attached hydrogens (tertiary/aromatic N) is 1. The maximum atomic E-state index is 2.76. The Morgan fingerprint density at radius 3 is 2.17 bits per heavy atom. The summed E-state index contributed by atoms with van der Waals surface area (Å²) >= 11 is 0. The van der Waals surface area contributed by atoms with Gasteiger partial charge >= 0.3 is 0 Å². The molecule has 0 saturated heterocycles. The molecule has 0 aromatic rings. The highest BCUT2D eigenvalue weighted by Gasteiger charge is 2.24. The molecule has 0 aliphatic carbocycles. The molecule has 0 aromatic carbocycles. The van der Waals surface area contributed by atoms with Crippen LogP contribution in [0.25, 0.3) is 0 Å². The lowest BCUT2D eigenvalue weighted by molar-refractivity contribution is 0.762. The standard InChI is InChI=1S/C9H25NSi2/c1-6-8-11-10(3)12(4,5)9-7-2/h6-9,11H2,1-5H3. The summed E-state index contributed by atoms with van der Waals surface area (Å²) in [4.78, 5) is 0. The zero-order valence-electron chi connectivity index (χ0n) is 9.48. The van der Waals surface area contributed by atoms with E-state index in [0.29, 0.717) is 0 Å². The van der Waals surface area contributed by atoms with Crippen LogP contribution >= 0.6 is 0 Å². The quantitative estimate of drug-likeness (QED) is 0.600. The summed E-state index contributed by atoms with van der Waals surface area (Å²) in [5.74, 6) is 0. The molecule has 0 N–H and O–H groups in total. The van der Waals surface area contributed by atoms with Crippen LogP contribution in [0.4, 0.5) is 0 Å². The fraction of sp³-hybridized carbons (Fsp3) is 1.00. The summed E-state index contributed by atoms with van der Waals surface area (Å²) in [6.45, 7) is 9.64. The summed E-state index contributed by atoms with van der Waals surface area (Å²) < 4.78 is 2.76. The molecule has 0 atom stereocenters. The molecule has 12 heavy (non-hydrogen) atoms. The van der Waals surface area contributed by atoms with Crippen LogP contribution in [0.3, 0.4) is 0 Å². The van der Waals surface area contributed by atoms with Gasteiger partial charge in [-0.15, -0.1) is 0 Å². The average Bonchev–Trinajstić information content (AvgIpc) is 2.00. The molecule has 0 bridgehead atoms. The fourth-order valence-electron chi connectivity index (χ4n) is 1.50. The van der Waals surface area contributed by atoms with Gasteiger partial charge in [0.25, 0.3) is 0 Å². The van der Waals surface area contributed by atoms with Gasteiger partial charge < -0.3 is 4.23 Å². The molecule has 0 aromatic heterocycles. The van der Waals surface area contributed by atoms with Gasteiger partial charge in [-0.3, -0.25) is 0 Å². The Morgan fingerprint density at radius 1 is 1.17 bits per heavy atom. The van der Waals surface area contributed by atoms with Crippen molar-refractivity contribution in [1.29, 1.82) is 0 Å². The first kappa shape index (κ1) is 12.4. The van der Waals surface area contributed by atoms with E-state index in [-0.39, 0.29) is 9.68 Å². The maximum absolute atomic E-state index is 2.76. The zero-order chi connectivity index (χ0) is 9.61. The Labute approximate surface area is 81.5 Å². The van der Waals surface area contributed by atoms with Gasteiger partial charge in [-0.2, -0.15) is 0 Å². The lowest BCUT2D eigenvalue weighted by Crippen LogP contribution is -2.47. The van der Waals surface area contributed by atoms with E-state index in [2.05, 4.69) is 38.2 Å². The highest BCUT2D eigenvalue weighted by Crippen LogP contribution is 2.15. The monoisotopic (exact) mass is 203 g/mol. The van der Waals surface area contributed by atoms with Crippen LogP contribution < -0.4 is 0 Å². The van der Waals surface area contributed by atoms with Crippen LogP contribution in [0.5, 0.6) is 0 Å². The van der Waals surface area contributed by atoms with Crippen molar-refractivity contribution < 1.29 is 0 Å². The molecular formula is C9H25NSi2. The summed E-state index contributed by atoms with van der Waals surface area (Å²) in [6, 6.07) is 2.97. The van der Waals surface area contributed by atoms with E-state index in [1.165, 1.54) is 24.9 Å². The van der Waals surface area contributed by atoms with E-state index < -0.39 is 8.24 Å². The van der Waals surface area contributed by atoms with Crippen molar-refractivity contribution in [2.75, 3.05) is 7.05 Å². The third-order valence-electron chi connectivity index (χ3n) is 2.74. The van der Waals surface area contributed by atoms with Crippen molar-refractivity contribution in [2.45, 2.75) is 51.9 Å². The second kappa shape index (κ2) is 5.94. The number of rotatable bonds is 6. The third kappa shape index (κ3) is 4.43. The predicted molar refractivity (Wildman–Crippen MR) is 64.0 cm³/mol. The van der Waals surface area contributed by atoms with Crippen molar-refractivity contribution in [1.82, 2.24) is 4.23 Å². The molecule has 0 rings (SSSR count). The van der Waals surface area contributed by atoms with E-state index in [1.807, 2.05) is 0 Å². The third-order valence-corrected chi connectivity index (χ3v) is 11.5. The molecule has 0 saturated carbocycles. The van der Waals surface area contributed by atoms with Crippen molar-refractivity contribution >= 4 is 17.9 Å². The second-order valence-electron chi connectivity index (χ2n) is 4.34. The van der Waals surface area contributed by atoms with Crippen LogP contribution in [0, 0.1) is 0 Å². The highest BCUT2D eigenvalue weighted by molar-refractivity contribution is 6.80. The Kier molecular flexibility index (Phi) is 6.14. The summed E-state index contributed by atoms with van der Waals surface area (Å²) in [5.41, 5.74) is 0. The van der Waals surface area contributed by atoms with Gasteiger partial charge in [0.15, 0.2) is 0 Å². The second-order valence-corrected chi connectivity index (χ2v) is 12.0. The van der Waals surface area contributed by atoms with Crippen LogP contribution in [0.15, 0.2) is 0 Å². The SMILES string of the molecule is CCC[SiH2]N(C)[Si](C)(C)CCC. The normalized spacial score (nSPS) is 13.5. The van der Waals surface area contributed by atoms with E-state index in [0.717, 1.165) is 0 Å². The topological polar surface area (TPSA) is 3.24 Å². The molecule has 1 nitrogen and oxygen atoms in total. The van der Waals surface area contributed by atoms with Crippen molar-refractivity contribution in [2.24, 2.45) is 0 Å². The Bertz CT molecular complexity index is 115. The van der Waals surface area contributed by atoms with Crippen molar-refractivity contribution in [3.05, 3.63) is 0 Å². The molecule has 0 heterocycles. The minimum atomic E-state index is -0.949. The molecule has 0 unspecified atom stereocenters. The molecule has 0 aliphatic heterocycles. The lowest BCUT2D eigenvalue weighted by atomic mass is 10.6. The average molecular weight is 203 g/mol. The van der Waals surface area contributed by atoms with Crippen LogP contribution in [-0.4, -0.2) is 29.2 Å². The van der Waals surface area contributed by atoms with Gasteiger partial charge in [0.2, 0.25) is 0 Å². The summed E-state index contributed by atoms with van der Waals surface area (Å²) in [7, 11) is 1.52. The number of hydrogen-bond acceptors (Lipinski definition) is 1. The van der Waals surface area contributed by atoms with Gasteiger partial charge in [0, 0.05) is 0 Å². The smallest absolute Gasteiger partial charge is 0.114 e. The van der Waals surface area contributed by atoms with Gasteiger partial charge in [-0.25, -0.2) is 0 Å². The maximum Gasteiger partial charge on any atom is 0.114 e. The largest absolute Gasteiger partial charge is 0.353 e. The van der Waals surface area contributed by atoms with E-state index >= 15 is 0 Å². The first-order chi connectivity index (χ1) is 5.54. The predicted octanol–water partition coefficient (Wildman–Crippen LogP) is 2.45. The van der Waals surface area contributed by atoms with Gasteiger partial charge in [0.05, 0.1) is 9.68 Å². The van der Waals surface area contributed by atoms with Crippen molar-refractivity contribution in [3.8, 4) is 0 Å². The Balaban J connectivity index is 3.79. The molecule has 0 radical (unpaired) electrons. The Morgan fingerprint density at radius 2 is 1.75 bits per heavy atom. The van der Waals surface area contributed by atoms with Crippen LogP contribution in [0.2, 0.25) is 25.2 Å². The van der Waals surface area contributed by atoms with E-state index in [9.17, 15) is 0 Å². The molecule has 74 valence electrons. The fourth-order valence-corrected chi connectivity index (χ4v) is 7.27. The van der Waals surface area contributed by atoms with Gasteiger partial charge in [-0.1, -0.05) is 45.8 Å². The van der Waals surface area contributed by atoms with Crippen LogP contribution in [0.1, 0.15) is 26.7 Å². The first-order valence-corrected chi connectivity index (χ1v) is 10.0. The first-order valence-electron chi connectivity index (χ1n) is 5.25. The highest BCUT2D eigenvalue weighted by atomic mass is 28.4.